The van der Waals surface area contributed by atoms with E-state index in [0.29, 0.717) is 7.27 Å². The third kappa shape index (κ3) is 3.12. The van der Waals surface area contributed by atoms with Gasteiger partial charge in [0.05, 0.1) is 0 Å². The van der Waals surface area contributed by atoms with Crippen LogP contribution >= 0.6 is 0 Å². The Bertz CT molecular complexity index is 83.8. The SMILES string of the molecule is N=BOC(=O)CN. The van der Waals surface area contributed by atoms with Crippen molar-refractivity contribution in [2.24, 2.45) is 5.73 Å². The first-order valence-corrected chi connectivity index (χ1v) is 1.69. The molecule has 0 saturated heterocycles. The second kappa shape index (κ2) is 3.48. The summed E-state index contributed by atoms with van der Waals surface area (Å²) in [5.74, 6) is -0.588. The summed E-state index contributed by atoms with van der Waals surface area (Å²) in [6.45, 7) is -0.171. The van der Waals surface area contributed by atoms with Crippen LogP contribution in [0.5, 0.6) is 0 Å². The predicted octanol–water partition coefficient (Wildman–Crippen LogP) is -1.13. The van der Waals surface area contributed by atoms with Gasteiger partial charge in [-0.1, -0.05) is 0 Å². The summed E-state index contributed by atoms with van der Waals surface area (Å²) in [4.78, 5) is 9.91. The van der Waals surface area contributed by atoms with Crippen LogP contribution in [0.4, 0.5) is 0 Å². The Kier molecular flexibility index (Phi) is 3.13. The van der Waals surface area contributed by atoms with Crippen LogP contribution in [0.25, 0.3) is 0 Å². The van der Waals surface area contributed by atoms with Gasteiger partial charge in [-0.15, -0.1) is 0 Å². The van der Waals surface area contributed by atoms with E-state index in [9.17, 15) is 4.79 Å². The van der Waals surface area contributed by atoms with Gasteiger partial charge in [0.2, 0.25) is 0 Å². The summed E-state index contributed by atoms with van der Waals surface area (Å²) in [6, 6.07) is 0. The van der Waals surface area contributed by atoms with Crippen LogP contribution < -0.4 is 5.73 Å². The fourth-order valence-electron chi connectivity index (χ4n) is 0.114. The molecule has 0 radical (unpaired) electrons. The molecular formula is C2H5BN2O2. The number of rotatable bonds is 2. The van der Waals surface area contributed by atoms with Crippen molar-refractivity contribution < 1.29 is 9.45 Å². The molecule has 0 aliphatic carbocycles. The molecule has 0 aromatic carbocycles. The van der Waals surface area contributed by atoms with Gasteiger partial charge in [0.15, 0.2) is 0 Å². The monoisotopic (exact) mass is 100 g/mol. The zero-order valence-corrected chi connectivity index (χ0v) is 3.68. The maximum atomic E-state index is 9.91. The normalized spacial score (nSPS) is 7.00. The van der Waals surface area contributed by atoms with Crippen molar-refractivity contribution in [1.82, 2.24) is 0 Å². The van der Waals surface area contributed by atoms with Crippen molar-refractivity contribution in [2.45, 2.75) is 0 Å². The second-order valence-corrected chi connectivity index (χ2v) is 0.812. The molecule has 0 spiro atoms. The molecule has 0 heterocycles. The van der Waals surface area contributed by atoms with Gasteiger partial charge in [-0.25, -0.2) is 0 Å². The first kappa shape index (κ1) is 6.29. The molecule has 0 unspecified atom stereocenters. The fraction of sp³-hybridized carbons (Fsp3) is 0.500. The number of hydrogen-bond acceptors (Lipinski definition) is 4. The molecule has 0 aliphatic rings. The summed E-state index contributed by atoms with van der Waals surface area (Å²) in [5.41, 5.74) is 4.78. The first-order valence-electron chi connectivity index (χ1n) is 1.69. The fourth-order valence-corrected chi connectivity index (χ4v) is 0.114. The number of nitrogens with two attached hydrogens (primary N) is 1. The van der Waals surface area contributed by atoms with Gasteiger partial charge in [-0.05, 0) is 0 Å². The summed E-state index contributed by atoms with van der Waals surface area (Å²) in [5, 5.41) is 6.21. The van der Waals surface area contributed by atoms with Crippen molar-refractivity contribution in [1.29, 1.82) is 5.31 Å². The molecule has 0 saturated carbocycles. The maximum absolute atomic E-state index is 9.91. The first-order chi connectivity index (χ1) is 3.31. The van der Waals surface area contributed by atoms with Gasteiger partial charge >= 0.3 is 40.3 Å². The molecule has 7 heavy (non-hydrogen) atoms. The van der Waals surface area contributed by atoms with E-state index in [-0.39, 0.29) is 6.54 Å². The molecule has 3 N–H and O–H groups in total. The van der Waals surface area contributed by atoms with Crippen LogP contribution in [0.3, 0.4) is 0 Å². The van der Waals surface area contributed by atoms with Gasteiger partial charge in [0.1, 0.15) is 0 Å². The van der Waals surface area contributed by atoms with Crippen molar-refractivity contribution in [2.75, 3.05) is 6.54 Å². The van der Waals surface area contributed by atoms with E-state index < -0.39 is 5.97 Å². The molecule has 0 atom stereocenters. The minimum absolute atomic E-state index is 0.171. The molecule has 4 nitrogen and oxygen atoms in total. The molecule has 0 amide bonds. The number of carbonyl (C=O) groups excluding carboxylic acids is 1. The van der Waals surface area contributed by atoms with Crippen molar-refractivity contribution >= 4 is 13.2 Å². The molecule has 5 heteroatoms. The zero-order chi connectivity index (χ0) is 5.70. The van der Waals surface area contributed by atoms with Crippen molar-refractivity contribution in [3.63, 3.8) is 0 Å². The molecule has 0 aromatic heterocycles. The summed E-state index contributed by atoms with van der Waals surface area (Å²) in [6.07, 6.45) is 0. The van der Waals surface area contributed by atoms with E-state index in [1.807, 2.05) is 0 Å². The van der Waals surface area contributed by atoms with Crippen LogP contribution in [0, 0.1) is 5.31 Å². The van der Waals surface area contributed by atoms with Crippen LogP contribution in [0.1, 0.15) is 0 Å². The molecule has 38 valence electrons. The standard InChI is InChI=1S/C2H5BN2O2/c4-1-2(6)7-3-5/h5H,1,4H2. The summed E-state index contributed by atoms with van der Waals surface area (Å²) < 4.78 is 3.97. The Balaban J connectivity index is 3.17. The van der Waals surface area contributed by atoms with Crippen molar-refractivity contribution in [3.8, 4) is 0 Å². The van der Waals surface area contributed by atoms with Gasteiger partial charge in [0, 0.05) is 0 Å². The Hall–Kier alpha value is -0.705. The van der Waals surface area contributed by atoms with Gasteiger partial charge in [-0.3, -0.25) is 0 Å². The van der Waals surface area contributed by atoms with E-state index in [0.717, 1.165) is 0 Å². The molecule has 0 fully saturated rings. The minimum atomic E-state index is -0.588. The van der Waals surface area contributed by atoms with Crippen molar-refractivity contribution in [3.05, 3.63) is 0 Å². The van der Waals surface area contributed by atoms with E-state index in [1.54, 1.807) is 0 Å². The Morgan fingerprint density at radius 2 is 2.57 bits per heavy atom. The quantitative estimate of drug-likeness (QED) is 0.431. The van der Waals surface area contributed by atoms with Gasteiger partial charge in [-0.2, -0.15) is 0 Å². The van der Waals surface area contributed by atoms with Gasteiger partial charge < -0.3 is 0 Å². The Morgan fingerprint density at radius 3 is 2.71 bits per heavy atom. The molecular weight excluding hydrogens is 94.8 g/mol. The number of nitrogens with one attached hydrogen (secondary N) is 1. The van der Waals surface area contributed by atoms with Gasteiger partial charge in [0.25, 0.3) is 0 Å². The van der Waals surface area contributed by atoms with E-state index in [2.05, 4.69) is 4.65 Å². The van der Waals surface area contributed by atoms with E-state index >= 15 is 0 Å². The zero-order valence-electron chi connectivity index (χ0n) is 3.68. The molecule has 0 aliphatic heterocycles. The molecule has 0 bridgehead atoms. The van der Waals surface area contributed by atoms with Crippen LogP contribution in [-0.4, -0.2) is 19.8 Å². The predicted molar refractivity (Wildman–Crippen MR) is 23.6 cm³/mol. The third-order valence-electron chi connectivity index (χ3n) is 0.357. The Morgan fingerprint density at radius 1 is 2.00 bits per heavy atom. The van der Waals surface area contributed by atoms with Crippen LogP contribution in [0.15, 0.2) is 0 Å². The molecule has 0 rings (SSSR count). The number of hydrogen-bond donors (Lipinski definition) is 2. The van der Waals surface area contributed by atoms with E-state index in [4.69, 9.17) is 11.0 Å². The van der Waals surface area contributed by atoms with Crippen LogP contribution in [-0.2, 0) is 9.45 Å². The molecule has 0 aromatic rings. The van der Waals surface area contributed by atoms with E-state index in [1.165, 1.54) is 0 Å². The number of carbonyl (C=O) groups is 1. The second-order valence-electron chi connectivity index (χ2n) is 0.812. The average Bonchev–Trinajstić information content (AvgIpc) is 1.68. The van der Waals surface area contributed by atoms with Crippen LogP contribution in [0.2, 0.25) is 0 Å². The third-order valence-corrected chi connectivity index (χ3v) is 0.357. The summed E-state index contributed by atoms with van der Waals surface area (Å²) in [7, 11) is 0.551. The topological polar surface area (TPSA) is 76.2 Å². The Labute approximate surface area is 41.4 Å². The summed E-state index contributed by atoms with van der Waals surface area (Å²) >= 11 is 0. The average molecular weight is 99.9 g/mol.